The molecule has 1 N–H and O–H groups in total. The van der Waals surface area contributed by atoms with Crippen LogP contribution in [0.2, 0.25) is 5.15 Å². The summed E-state index contributed by atoms with van der Waals surface area (Å²) >= 11 is 6.31. The number of unbranched alkanes of at least 4 members (excludes halogenated alkanes) is 1. The Hall–Kier alpha value is -1.07. The predicted octanol–water partition coefficient (Wildman–Crippen LogP) is 2.94. The number of nitrogens with one attached hydrogen (secondary N) is 1. The van der Waals surface area contributed by atoms with Gasteiger partial charge in [-0.2, -0.15) is 5.10 Å². The summed E-state index contributed by atoms with van der Waals surface area (Å²) in [5, 5.41) is 7.78. The fourth-order valence-corrected chi connectivity index (χ4v) is 2.98. The molecule has 6 heteroatoms. The summed E-state index contributed by atoms with van der Waals surface area (Å²) in [6, 6.07) is -0.0190. The molecule has 21 heavy (non-hydrogen) atoms. The van der Waals surface area contributed by atoms with E-state index in [0.717, 1.165) is 38.8 Å². The molecule has 0 spiro atoms. The highest BCUT2D eigenvalue weighted by molar-refractivity contribution is 6.33. The predicted molar refractivity (Wildman–Crippen MR) is 82.8 cm³/mol. The van der Waals surface area contributed by atoms with Crippen LogP contribution in [0.1, 0.15) is 55.6 Å². The molecule has 1 aliphatic rings. The van der Waals surface area contributed by atoms with E-state index in [9.17, 15) is 4.79 Å². The van der Waals surface area contributed by atoms with Crippen LogP contribution >= 0.6 is 11.6 Å². The van der Waals surface area contributed by atoms with Gasteiger partial charge in [0.15, 0.2) is 0 Å². The van der Waals surface area contributed by atoms with Crippen molar-refractivity contribution in [3.8, 4) is 0 Å². The number of hydrogen-bond acceptors (Lipinski definition) is 3. The Labute approximate surface area is 131 Å². The van der Waals surface area contributed by atoms with Crippen LogP contribution in [0.15, 0.2) is 0 Å². The van der Waals surface area contributed by atoms with Crippen molar-refractivity contribution in [3.63, 3.8) is 0 Å². The molecule has 2 rings (SSSR count). The first-order chi connectivity index (χ1) is 10.0. The van der Waals surface area contributed by atoms with Gasteiger partial charge in [0.05, 0.1) is 23.4 Å². The standard InChI is InChI=1S/C15H24ClN3O2/c1-4-5-8-19-14(16)13(11(3)18-19)15(20)17-10(2)12-7-6-9-21-12/h10,12H,4-9H2,1-3H3,(H,17,20)/t10-,12-/m0/s1. The van der Waals surface area contributed by atoms with Crippen molar-refractivity contribution in [1.29, 1.82) is 0 Å². The van der Waals surface area contributed by atoms with Gasteiger partial charge in [-0.1, -0.05) is 24.9 Å². The minimum absolute atomic E-state index is 0.0190. The van der Waals surface area contributed by atoms with Gasteiger partial charge in [0.1, 0.15) is 5.15 Å². The lowest BCUT2D eigenvalue weighted by Crippen LogP contribution is -2.41. The van der Waals surface area contributed by atoms with Gasteiger partial charge in [0.2, 0.25) is 0 Å². The Kier molecular flexibility index (Phi) is 5.65. The molecule has 0 aromatic carbocycles. The van der Waals surface area contributed by atoms with Crippen molar-refractivity contribution in [2.45, 2.75) is 65.1 Å². The van der Waals surface area contributed by atoms with Gasteiger partial charge in [-0.3, -0.25) is 9.48 Å². The number of nitrogens with zero attached hydrogens (tertiary/aromatic N) is 2. The van der Waals surface area contributed by atoms with E-state index in [1.165, 1.54) is 0 Å². The van der Waals surface area contributed by atoms with E-state index < -0.39 is 0 Å². The van der Waals surface area contributed by atoms with Gasteiger partial charge in [-0.15, -0.1) is 0 Å². The molecule has 1 aliphatic heterocycles. The maximum atomic E-state index is 12.4. The van der Waals surface area contributed by atoms with Crippen LogP contribution in [-0.4, -0.2) is 34.4 Å². The van der Waals surface area contributed by atoms with Crippen LogP contribution in [0.25, 0.3) is 0 Å². The molecular weight excluding hydrogens is 290 g/mol. The summed E-state index contributed by atoms with van der Waals surface area (Å²) in [7, 11) is 0. The third-order valence-electron chi connectivity index (χ3n) is 3.90. The second-order valence-corrected chi connectivity index (χ2v) is 6.00. The Morgan fingerprint density at radius 1 is 1.62 bits per heavy atom. The molecular formula is C15H24ClN3O2. The summed E-state index contributed by atoms with van der Waals surface area (Å²) in [5.74, 6) is -0.164. The van der Waals surface area contributed by atoms with Crippen molar-refractivity contribution in [2.24, 2.45) is 0 Å². The van der Waals surface area contributed by atoms with Crippen LogP contribution in [0, 0.1) is 6.92 Å². The van der Waals surface area contributed by atoms with Gasteiger partial charge < -0.3 is 10.1 Å². The first kappa shape index (κ1) is 16.3. The number of rotatable bonds is 6. The molecule has 118 valence electrons. The largest absolute Gasteiger partial charge is 0.376 e. The molecule has 0 bridgehead atoms. The van der Waals surface area contributed by atoms with E-state index in [2.05, 4.69) is 17.3 Å². The van der Waals surface area contributed by atoms with Gasteiger partial charge in [-0.25, -0.2) is 0 Å². The van der Waals surface area contributed by atoms with E-state index in [-0.39, 0.29) is 18.1 Å². The zero-order valence-electron chi connectivity index (χ0n) is 13.0. The third kappa shape index (κ3) is 3.77. The number of amides is 1. The lowest BCUT2D eigenvalue weighted by molar-refractivity contribution is 0.0712. The first-order valence-electron chi connectivity index (χ1n) is 7.70. The molecule has 1 saturated heterocycles. The topological polar surface area (TPSA) is 56.2 Å². The van der Waals surface area contributed by atoms with Gasteiger partial charge in [-0.05, 0) is 33.1 Å². The molecule has 0 radical (unpaired) electrons. The Balaban J connectivity index is 2.06. The van der Waals surface area contributed by atoms with E-state index in [1.807, 2.05) is 13.8 Å². The lowest BCUT2D eigenvalue weighted by Gasteiger charge is -2.19. The van der Waals surface area contributed by atoms with E-state index >= 15 is 0 Å². The molecule has 1 amide bonds. The average Bonchev–Trinajstić information content (AvgIpc) is 3.05. The average molecular weight is 314 g/mol. The maximum absolute atomic E-state index is 12.4. The van der Waals surface area contributed by atoms with Crippen molar-refractivity contribution in [3.05, 3.63) is 16.4 Å². The normalized spacial score (nSPS) is 19.7. The summed E-state index contributed by atoms with van der Waals surface area (Å²) in [5.41, 5.74) is 1.16. The fraction of sp³-hybridized carbons (Fsp3) is 0.733. The fourth-order valence-electron chi connectivity index (χ4n) is 2.64. The highest BCUT2D eigenvalue weighted by Gasteiger charge is 2.26. The van der Waals surface area contributed by atoms with Crippen molar-refractivity contribution in [2.75, 3.05) is 6.61 Å². The van der Waals surface area contributed by atoms with Crippen molar-refractivity contribution in [1.82, 2.24) is 15.1 Å². The quantitative estimate of drug-likeness (QED) is 0.878. The molecule has 0 saturated carbocycles. The minimum atomic E-state index is -0.164. The van der Waals surface area contributed by atoms with E-state index in [0.29, 0.717) is 16.4 Å². The molecule has 2 atom stereocenters. The first-order valence-corrected chi connectivity index (χ1v) is 8.07. The Morgan fingerprint density at radius 2 is 2.38 bits per heavy atom. The number of carbonyl (C=O) groups excluding carboxylic acids is 1. The van der Waals surface area contributed by atoms with Crippen molar-refractivity contribution >= 4 is 17.5 Å². The Morgan fingerprint density at radius 3 is 3.00 bits per heavy atom. The monoisotopic (exact) mass is 313 g/mol. The molecule has 0 unspecified atom stereocenters. The molecule has 1 fully saturated rings. The van der Waals surface area contributed by atoms with Gasteiger partial charge in [0.25, 0.3) is 5.91 Å². The van der Waals surface area contributed by atoms with E-state index in [4.69, 9.17) is 16.3 Å². The second-order valence-electron chi connectivity index (χ2n) is 5.64. The smallest absolute Gasteiger partial charge is 0.256 e. The molecule has 2 heterocycles. The maximum Gasteiger partial charge on any atom is 0.256 e. The number of ether oxygens (including phenoxy) is 1. The zero-order chi connectivity index (χ0) is 15.4. The van der Waals surface area contributed by atoms with Gasteiger partial charge >= 0.3 is 0 Å². The SMILES string of the molecule is CCCCn1nc(C)c(C(=O)N[C@@H](C)[C@@H]2CCCO2)c1Cl. The van der Waals surface area contributed by atoms with Crippen LogP contribution in [0.4, 0.5) is 0 Å². The highest BCUT2D eigenvalue weighted by Crippen LogP contribution is 2.21. The molecule has 1 aromatic heterocycles. The van der Waals surface area contributed by atoms with Crippen LogP contribution in [0.3, 0.4) is 0 Å². The zero-order valence-corrected chi connectivity index (χ0v) is 13.7. The minimum Gasteiger partial charge on any atom is -0.376 e. The number of halogens is 1. The Bertz CT molecular complexity index is 495. The summed E-state index contributed by atoms with van der Waals surface area (Å²) in [6.07, 6.45) is 4.20. The van der Waals surface area contributed by atoms with E-state index in [1.54, 1.807) is 4.68 Å². The van der Waals surface area contributed by atoms with Crippen molar-refractivity contribution < 1.29 is 9.53 Å². The number of hydrogen-bond donors (Lipinski definition) is 1. The van der Waals surface area contributed by atoms with Crippen LogP contribution in [0.5, 0.6) is 0 Å². The number of carbonyl (C=O) groups is 1. The molecule has 1 aromatic rings. The summed E-state index contributed by atoms with van der Waals surface area (Å²) < 4.78 is 7.32. The summed E-state index contributed by atoms with van der Waals surface area (Å²) in [4.78, 5) is 12.4. The second kappa shape index (κ2) is 7.27. The number of aromatic nitrogens is 2. The van der Waals surface area contributed by atoms with Crippen LogP contribution < -0.4 is 5.32 Å². The summed E-state index contributed by atoms with van der Waals surface area (Å²) in [6.45, 7) is 7.42. The highest BCUT2D eigenvalue weighted by atomic mass is 35.5. The van der Waals surface area contributed by atoms with Crippen LogP contribution in [-0.2, 0) is 11.3 Å². The third-order valence-corrected chi connectivity index (χ3v) is 4.28. The number of aryl methyl sites for hydroxylation is 2. The molecule has 5 nitrogen and oxygen atoms in total. The molecule has 0 aliphatic carbocycles. The van der Waals surface area contributed by atoms with Gasteiger partial charge in [0, 0.05) is 13.2 Å². The lowest BCUT2D eigenvalue weighted by atomic mass is 10.1.